The lowest BCUT2D eigenvalue weighted by Crippen LogP contribution is -2.43. The Morgan fingerprint density at radius 1 is 1.65 bits per heavy atom. The zero-order valence-corrected chi connectivity index (χ0v) is 10.5. The van der Waals surface area contributed by atoms with E-state index in [0.717, 1.165) is 18.8 Å². The molecule has 0 radical (unpaired) electrons. The lowest BCUT2D eigenvalue weighted by Gasteiger charge is -2.31. The van der Waals surface area contributed by atoms with Crippen LogP contribution in [0.2, 0.25) is 0 Å². The minimum absolute atomic E-state index is 0.542. The maximum Gasteiger partial charge on any atom is 0.191 e. The van der Waals surface area contributed by atoms with Gasteiger partial charge >= 0.3 is 0 Å². The monoisotopic (exact) mass is 236 g/mol. The van der Waals surface area contributed by atoms with Crippen molar-refractivity contribution >= 4 is 5.96 Å². The Balaban J connectivity index is 1.95. The molecular weight excluding hydrogens is 216 g/mol. The molecule has 0 aliphatic carbocycles. The average molecular weight is 236 g/mol. The van der Waals surface area contributed by atoms with E-state index in [0.29, 0.717) is 18.4 Å². The van der Waals surface area contributed by atoms with Crippen LogP contribution in [0.5, 0.6) is 0 Å². The summed E-state index contributed by atoms with van der Waals surface area (Å²) in [6.45, 7) is 4.83. The molecule has 0 aromatic carbocycles. The number of nitrogens with zero attached hydrogens (tertiary/aromatic N) is 5. The molecule has 2 N–H and O–H groups in total. The third kappa shape index (κ3) is 2.95. The molecule has 2 heterocycles. The van der Waals surface area contributed by atoms with Gasteiger partial charge in [0.25, 0.3) is 0 Å². The number of nitrogens with two attached hydrogens (primary N) is 1. The molecule has 0 saturated carbocycles. The predicted octanol–water partition coefficient (Wildman–Crippen LogP) is 0.362. The largest absolute Gasteiger partial charge is 0.370 e. The number of aryl methyl sites for hydroxylation is 1. The molecule has 1 saturated heterocycles. The molecule has 1 unspecified atom stereocenters. The standard InChI is InChI=1S/C11H20N6/c1-9-4-3-5-17(8-9)11(12)13-6-10-7-14-15-16(10)2/h7,9H,3-6,8H2,1-2H3,(H2,12,13). The van der Waals surface area contributed by atoms with E-state index in [4.69, 9.17) is 5.73 Å². The molecule has 6 nitrogen and oxygen atoms in total. The van der Waals surface area contributed by atoms with Crippen LogP contribution in [-0.4, -0.2) is 38.9 Å². The second-order valence-electron chi connectivity index (χ2n) is 4.72. The predicted molar refractivity (Wildman–Crippen MR) is 66.3 cm³/mol. The van der Waals surface area contributed by atoms with Crippen LogP contribution in [0.1, 0.15) is 25.5 Å². The molecule has 1 aliphatic rings. The van der Waals surface area contributed by atoms with Gasteiger partial charge in [-0.15, -0.1) is 5.10 Å². The highest BCUT2D eigenvalue weighted by molar-refractivity contribution is 5.78. The smallest absolute Gasteiger partial charge is 0.191 e. The quantitative estimate of drug-likeness (QED) is 0.594. The Kier molecular flexibility index (Phi) is 3.61. The summed E-state index contributed by atoms with van der Waals surface area (Å²) in [5.41, 5.74) is 6.97. The molecular formula is C11H20N6. The van der Waals surface area contributed by atoms with Crippen LogP contribution >= 0.6 is 0 Å². The Labute approximate surface area is 102 Å². The van der Waals surface area contributed by atoms with Gasteiger partial charge in [-0.25, -0.2) is 4.99 Å². The van der Waals surface area contributed by atoms with Crippen molar-refractivity contribution in [3.8, 4) is 0 Å². The topological polar surface area (TPSA) is 72.3 Å². The SMILES string of the molecule is CC1CCCN(C(N)=NCc2cnnn2C)C1. The zero-order valence-electron chi connectivity index (χ0n) is 10.5. The maximum atomic E-state index is 6.00. The van der Waals surface area contributed by atoms with E-state index in [1.807, 2.05) is 7.05 Å². The molecule has 2 rings (SSSR count). The zero-order chi connectivity index (χ0) is 12.3. The first-order chi connectivity index (χ1) is 8.16. The molecule has 1 fully saturated rings. The summed E-state index contributed by atoms with van der Waals surface area (Å²) in [6, 6.07) is 0. The van der Waals surface area contributed by atoms with Gasteiger partial charge in [0.2, 0.25) is 0 Å². The number of aromatic nitrogens is 3. The van der Waals surface area contributed by atoms with E-state index < -0.39 is 0 Å². The number of rotatable bonds is 2. The number of aliphatic imine (C=N–C) groups is 1. The fourth-order valence-corrected chi connectivity index (χ4v) is 2.11. The average Bonchev–Trinajstić information content (AvgIpc) is 2.72. The van der Waals surface area contributed by atoms with Crippen molar-refractivity contribution < 1.29 is 0 Å². The number of hydrogen-bond acceptors (Lipinski definition) is 3. The lowest BCUT2D eigenvalue weighted by atomic mass is 10.0. The van der Waals surface area contributed by atoms with Gasteiger partial charge < -0.3 is 10.6 Å². The van der Waals surface area contributed by atoms with E-state index in [2.05, 4.69) is 27.1 Å². The van der Waals surface area contributed by atoms with E-state index in [1.54, 1.807) is 10.9 Å². The summed E-state index contributed by atoms with van der Waals surface area (Å²) in [4.78, 5) is 6.57. The second kappa shape index (κ2) is 5.16. The third-order valence-electron chi connectivity index (χ3n) is 3.19. The van der Waals surface area contributed by atoms with E-state index >= 15 is 0 Å². The van der Waals surface area contributed by atoms with Gasteiger partial charge in [0, 0.05) is 20.1 Å². The Bertz CT molecular complexity index is 396. The number of likely N-dealkylation sites (tertiary alicyclic amines) is 1. The first kappa shape index (κ1) is 11.9. The Morgan fingerprint density at radius 2 is 2.47 bits per heavy atom. The van der Waals surface area contributed by atoms with Gasteiger partial charge in [-0.2, -0.15) is 0 Å². The molecule has 6 heteroatoms. The molecule has 0 amide bonds. The van der Waals surface area contributed by atoms with Crippen molar-refractivity contribution in [2.45, 2.75) is 26.3 Å². The highest BCUT2D eigenvalue weighted by atomic mass is 15.4. The normalized spacial score (nSPS) is 21.9. The summed E-state index contributed by atoms with van der Waals surface area (Å²) in [7, 11) is 1.86. The van der Waals surface area contributed by atoms with Gasteiger partial charge in [0.05, 0.1) is 18.4 Å². The van der Waals surface area contributed by atoms with Crippen LogP contribution in [0.25, 0.3) is 0 Å². The fraction of sp³-hybridized carbons (Fsp3) is 0.727. The molecule has 1 atom stereocenters. The molecule has 1 aromatic heterocycles. The fourth-order valence-electron chi connectivity index (χ4n) is 2.11. The van der Waals surface area contributed by atoms with Gasteiger partial charge in [-0.3, -0.25) is 4.68 Å². The third-order valence-corrected chi connectivity index (χ3v) is 3.19. The second-order valence-corrected chi connectivity index (χ2v) is 4.72. The minimum atomic E-state index is 0.542. The molecule has 0 spiro atoms. The van der Waals surface area contributed by atoms with Gasteiger partial charge in [-0.1, -0.05) is 12.1 Å². The van der Waals surface area contributed by atoms with Crippen LogP contribution < -0.4 is 5.73 Å². The Hall–Kier alpha value is -1.59. The summed E-state index contributed by atoms with van der Waals surface area (Å²) in [6.07, 6.45) is 4.20. The van der Waals surface area contributed by atoms with Gasteiger partial charge in [-0.05, 0) is 18.8 Å². The van der Waals surface area contributed by atoms with Crippen molar-refractivity contribution in [3.05, 3.63) is 11.9 Å². The van der Waals surface area contributed by atoms with Crippen molar-refractivity contribution in [2.75, 3.05) is 13.1 Å². The van der Waals surface area contributed by atoms with Gasteiger partial charge in [0.15, 0.2) is 5.96 Å². The number of hydrogen-bond donors (Lipinski definition) is 1. The molecule has 0 bridgehead atoms. The van der Waals surface area contributed by atoms with Crippen LogP contribution in [-0.2, 0) is 13.6 Å². The van der Waals surface area contributed by atoms with Crippen LogP contribution in [0, 0.1) is 5.92 Å². The molecule has 94 valence electrons. The van der Waals surface area contributed by atoms with Crippen molar-refractivity contribution in [2.24, 2.45) is 23.7 Å². The number of guanidine groups is 1. The molecule has 17 heavy (non-hydrogen) atoms. The van der Waals surface area contributed by atoms with E-state index in [1.165, 1.54) is 12.8 Å². The maximum absolute atomic E-state index is 6.00. The van der Waals surface area contributed by atoms with Crippen molar-refractivity contribution in [3.63, 3.8) is 0 Å². The van der Waals surface area contributed by atoms with E-state index in [9.17, 15) is 0 Å². The van der Waals surface area contributed by atoms with Gasteiger partial charge in [0.1, 0.15) is 0 Å². The van der Waals surface area contributed by atoms with Crippen molar-refractivity contribution in [1.82, 2.24) is 19.9 Å². The highest BCUT2D eigenvalue weighted by Crippen LogP contribution is 2.15. The summed E-state index contributed by atoms with van der Waals surface area (Å²) in [5, 5.41) is 7.68. The van der Waals surface area contributed by atoms with Crippen LogP contribution in [0.3, 0.4) is 0 Å². The summed E-state index contributed by atoms with van der Waals surface area (Å²) >= 11 is 0. The van der Waals surface area contributed by atoms with E-state index in [-0.39, 0.29) is 0 Å². The van der Waals surface area contributed by atoms with Crippen molar-refractivity contribution in [1.29, 1.82) is 0 Å². The number of piperidine rings is 1. The summed E-state index contributed by atoms with van der Waals surface area (Å²) < 4.78 is 1.72. The highest BCUT2D eigenvalue weighted by Gasteiger charge is 2.17. The lowest BCUT2D eigenvalue weighted by molar-refractivity contribution is 0.270. The molecule has 1 aromatic rings. The summed E-state index contributed by atoms with van der Waals surface area (Å²) in [5.74, 6) is 1.34. The first-order valence-electron chi connectivity index (χ1n) is 6.05. The first-order valence-corrected chi connectivity index (χ1v) is 6.05. The minimum Gasteiger partial charge on any atom is -0.370 e. The molecule has 1 aliphatic heterocycles. The Morgan fingerprint density at radius 3 is 3.12 bits per heavy atom. The van der Waals surface area contributed by atoms with Crippen LogP contribution in [0.4, 0.5) is 0 Å². The van der Waals surface area contributed by atoms with Crippen LogP contribution in [0.15, 0.2) is 11.2 Å².